The van der Waals surface area contributed by atoms with Crippen LogP contribution in [0.1, 0.15) is 41.0 Å². The molecule has 0 unspecified atom stereocenters. The molecule has 0 saturated heterocycles. The van der Waals surface area contributed by atoms with Gasteiger partial charge in [0.1, 0.15) is 15.3 Å². The second-order valence-corrected chi connectivity index (χ2v) is 11.0. The van der Waals surface area contributed by atoms with Crippen molar-refractivity contribution in [3.63, 3.8) is 0 Å². The van der Waals surface area contributed by atoms with E-state index < -0.39 is 15.3 Å². The molecule has 172 valence electrons. The monoisotopic (exact) mass is 468 g/mol. The van der Waals surface area contributed by atoms with Gasteiger partial charge in [0.15, 0.2) is 17.3 Å². The standard InChI is InChI=1S/C23H24N4O5S/c1-32-19-8-6-17(15-3-5-16-14(13-15)4-7-18(16)28)20-25-21(26-27(19)20)23(9-10-23)22(29)24-11-12-33(2,30)31/h3,5-6,8,13H,4,7,9-12H2,1-2H3,(H,24,29). The molecule has 2 aromatic heterocycles. The first-order chi connectivity index (χ1) is 15.7. The van der Waals surface area contributed by atoms with Crippen molar-refractivity contribution >= 4 is 27.2 Å². The van der Waals surface area contributed by atoms with Crippen LogP contribution in [0.5, 0.6) is 5.88 Å². The van der Waals surface area contributed by atoms with Crippen molar-refractivity contribution < 1.29 is 22.7 Å². The zero-order valence-electron chi connectivity index (χ0n) is 18.4. The number of ketones is 1. The van der Waals surface area contributed by atoms with E-state index in [0.717, 1.165) is 34.9 Å². The van der Waals surface area contributed by atoms with E-state index in [0.29, 0.717) is 36.6 Å². The molecule has 1 fully saturated rings. The van der Waals surface area contributed by atoms with Gasteiger partial charge in [-0.2, -0.15) is 4.52 Å². The fraction of sp³-hybridized carbons (Fsp3) is 0.391. The molecular weight excluding hydrogens is 444 g/mol. The van der Waals surface area contributed by atoms with Crippen molar-refractivity contribution in [2.24, 2.45) is 0 Å². The number of sulfone groups is 1. The average molecular weight is 469 g/mol. The number of hydrogen-bond donors (Lipinski definition) is 1. The molecule has 0 radical (unpaired) electrons. The Morgan fingerprint density at radius 3 is 2.64 bits per heavy atom. The van der Waals surface area contributed by atoms with Crippen LogP contribution in [0.25, 0.3) is 16.8 Å². The van der Waals surface area contributed by atoms with E-state index in [2.05, 4.69) is 10.4 Å². The lowest BCUT2D eigenvalue weighted by Gasteiger charge is -2.11. The number of carbonyl (C=O) groups excluding carboxylic acids is 2. The summed E-state index contributed by atoms with van der Waals surface area (Å²) in [6.45, 7) is 0.0508. The van der Waals surface area contributed by atoms with Gasteiger partial charge >= 0.3 is 0 Å². The third-order valence-electron chi connectivity index (χ3n) is 6.37. The maximum Gasteiger partial charge on any atom is 0.234 e. The largest absolute Gasteiger partial charge is 0.481 e. The summed E-state index contributed by atoms with van der Waals surface area (Å²) in [6, 6.07) is 9.47. The van der Waals surface area contributed by atoms with Gasteiger partial charge in [-0.05, 0) is 36.5 Å². The molecule has 5 rings (SSSR count). The van der Waals surface area contributed by atoms with Gasteiger partial charge in [0.2, 0.25) is 11.8 Å². The van der Waals surface area contributed by atoms with Gasteiger partial charge in [0, 0.05) is 36.4 Å². The summed E-state index contributed by atoms with van der Waals surface area (Å²) < 4.78 is 29.8. The van der Waals surface area contributed by atoms with Crippen LogP contribution >= 0.6 is 0 Å². The number of ether oxygens (including phenoxy) is 1. The number of carbonyl (C=O) groups is 2. The Balaban J connectivity index is 1.52. The minimum absolute atomic E-state index is 0.0508. The number of hydrogen-bond acceptors (Lipinski definition) is 7. The Morgan fingerprint density at radius 1 is 1.18 bits per heavy atom. The first-order valence-corrected chi connectivity index (χ1v) is 12.8. The Labute approximate surface area is 191 Å². The number of amides is 1. The smallest absolute Gasteiger partial charge is 0.234 e. The molecule has 1 aromatic carbocycles. The quantitative estimate of drug-likeness (QED) is 0.561. The molecule has 9 nitrogen and oxygen atoms in total. The molecule has 0 spiro atoms. The molecule has 2 heterocycles. The Kier molecular flexibility index (Phi) is 5.00. The number of rotatable bonds is 7. The lowest BCUT2D eigenvalue weighted by molar-refractivity contribution is -0.123. The van der Waals surface area contributed by atoms with Crippen LogP contribution in [-0.4, -0.2) is 60.4 Å². The number of fused-ring (bicyclic) bond motifs is 2. The van der Waals surface area contributed by atoms with Crippen molar-refractivity contribution in [2.75, 3.05) is 25.7 Å². The normalized spacial score (nSPS) is 16.6. The van der Waals surface area contributed by atoms with Crippen molar-refractivity contribution in [2.45, 2.75) is 31.1 Å². The maximum absolute atomic E-state index is 12.9. The highest BCUT2D eigenvalue weighted by Gasteiger charge is 2.54. The van der Waals surface area contributed by atoms with Gasteiger partial charge in [0.05, 0.1) is 12.9 Å². The van der Waals surface area contributed by atoms with Crippen molar-refractivity contribution in [1.82, 2.24) is 19.9 Å². The highest BCUT2D eigenvalue weighted by Crippen LogP contribution is 2.47. The molecule has 0 aliphatic heterocycles. The summed E-state index contributed by atoms with van der Waals surface area (Å²) in [5.41, 5.74) is 3.23. The summed E-state index contributed by atoms with van der Waals surface area (Å²) in [5.74, 6) is 0.655. The first-order valence-electron chi connectivity index (χ1n) is 10.8. The first kappa shape index (κ1) is 21.6. The van der Waals surface area contributed by atoms with E-state index in [1.165, 1.54) is 0 Å². The number of aryl methyl sites for hydroxylation is 1. The van der Waals surface area contributed by atoms with Crippen molar-refractivity contribution in [3.05, 3.63) is 47.3 Å². The van der Waals surface area contributed by atoms with Crippen LogP contribution in [0.3, 0.4) is 0 Å². The number of nitrogens with one attached hydrogen (secondary N) is 1. The van der Waals surface area contributed by atoms with E-state index in [4.69, 9.17) is 9.72 Å². The molecule has 1 amide bonds. The van der Waals surface area contributed by atoms with E-state index in [9.17, 15) is 18.0 Å². The summed E-state index contributed by atoms with van der Waals surface area (Å²) in [7, 11) is -1.63. The fourth-order valence-electron chi connectivity index (χ4n) is 4.34. The van der Waals surface area contributed by atoms with Crippen LogP contribution in [0, 0.1) is 0 Å². The number of methoxy groups -OCH3 is 1. The number of benzene rings is 1. The van der Waals surface area contributed by atoms with Crippen LogP contribution in [0.15, 0.2) is 30.3 Å². The lowest BCUT2D eigenvalue weighted by Crippen LogP contribution is -2.38. The Hall–Kier alpha value is -3.27. The second-order valence-electron chi connectivity index (χ2n) is 8.72. The molecule has 2 aliphatic carbocycles. The topological polar surface area (TPSA) is 120 Å². The zero-order valence-corrected chi connectivity index (χ0v) is 19.2. The molecule has 3 aromatic rings. The molecule has 2 aliphatic rings. The molecule has 10 heteroatoms. The highest BCUT2D eigenvalue weighted by atomic mass is 32.2. The third-order valence-corrected chi connectivity index (χ3v) is 7.31. The summed E-state index contributed by atoms with van der Waals surface area (Å²) >= 11 is 0. The predicted octanol–water partition coefficient (Wildman–Crippen LogP) is 1.73. The summed E-state index contributed by atoms with van der Waals surface area (Å²) in [4.78, 5) is 29.7. The minimum atomic E-state index is -3.17. The molecule has 1 N–H and O–H groups in total. The average Bonchev–Trinajstić information content (AvgIpc) is 3.33. The fourth-order valence-corrected chi connectivity index (χ4v) is 4.81. The maximum atomic E-state index is 12.9. The zero-order chi connectivity index (χ0) is 23.4. The molecule has 1 saturated carbocycles. The van der Waals surface area contributed by atoms with Gasteiger partial charge < -0.3 is 10.1 Å². The lowest BCUT2D eigenvalue weighted by atomic mass is 10.0. The predicted molar refractivity (Wildman–Crippen MR) is 121 cm³/mol. The van der Waals surface area contributed by atoms with Crippen LogP contribution in [-0.2, 0) is 26.5 Å². The Morgan fingerprint density at radius 2 is 1.94 bits per heavy atom. The number of nitrogens with zero attached hydrogens (tertiary/aromatic N) is 3. The third kappa shape index (κ3) is 3.78. The highest BCUT2D eigenvalue weighted by molar-refractivity contribution is 7.90. The van der Waals surface area contributed by atoms with Gasteiger partial charge in [-0.15, -0.1) is 5.10 Å². The van der Waals surface area contributed by atoms with Gasteiger partial charge in [-0.3, -0.25) is 9.59 Å². The van der Waals surface area contributed by atoms with Crippen LogP contribution < -0.4 is 10.1 Å². The molecule has 33 heavy (non-hydrogen) atoms. The van der Waals surface area contributed by atoms with E-state index in [1.807, 2.05) is 24.3 Å². The van der Waals surface area contributed by atoms with Gasteiger partial charge in [0.25, 0.3) is 0 Å². The molecular formula is C23H24N4O5S. The number of aromatic nitrogens is 3. The van der Waals surface area contributed by atoms with Gasteiger partial charge in [-0.1, -0.05) is 18.2 Å². The van der Waals surface area contributed by atoms with Crippen molar-refractivity contribution in [1.29, 1.82) is 0 Å². The molecule has 0 bridgehead atoms. The van der Waals surface area contributed by atoms with E-state index >= 15 is 0 Å². The summed E-state index contributed by atoms with van der Waals surface area (Å²) in [6.07, 6.45) is 3.57. The minimum Gasteiger partial charge on any atom is -0.481 e. The van der Waals surface area contributed by atoms with Gasteiger partial charge in [-0.25, -0.2) is 13.4 Å². The van der Waals surface area contributed by atoms with E-state index in [1.54, 1.807) is 17.7 Å². The Bertz CT molecular complexity index is 1410. The van der Waals surface area contributed by atoms with E-state index in [-0.39, 0.29) is 24.0 Å². The molecule has 0 atom stereocenters. The number of pyridine rings is 1. The van der Waals surface area contributed by atoms with Crippen LogP contribution in [0.4, 0.5) is 0 Å². The second kappa shape index (κ2) is 7.65. The summed E-state index contributed by atoms with van der Waals surface area (Å²) in [5, 5.41) is 7.34. The number of Topliss-reactive ketones (excluding diaryl/α,β-unsaturated/α-hetero) is 1. The van der Waals surface area contributed by atoms with Crippen LogP contribution in [0.2, 0.25) is 0 Å². The van der Waals surface area contributed by atoms with Crippen molar-refractivity contribution in [3.8, 4) is 17.0 Å². The SMILES string of the molecule is COc1ccc(-c2ccc3c(c2)CCC3=O)c2nc(C3(C(=O)NCCS(C)(=O)=O)CC3)nn12.